The first kappa shape index (κ1) is 21.9. The summed E-state index contributed by atoms with van der Waals surface area (Å²) in [6.45, 7) is 5.24. The van der Waals surface area contributed by atoms with E-state index in [0.29, 0.717) is 6.04 Å². The summed E-state index contributed by atoms with van der Waals surface area (Å²) in [5.41, 5.74) is 0.749. The molecular formula is C24H38N2O3. The van der Waals surface area contributed by atoms with Gasteiger partial charge in [0, 0.05) is 11.7 Å². The van der Waals surface area contributed by atoms with Gasteiger partial charge in [-0.05, 0) is 75.9 Å². The lowest BCUT2D eigenvalue weighted by Crippen LogP contribution is -2.49. The monoisotopic (exact) mass is 402 g/mol. The third kappa shape index (κ3) is 7.22. The SMILES string of the molecule is CCCCCCOc1ccc(NC(=O)O[C@H]2CCCC[C@@H]2N2CCCCC2)cc1. The number of amides is 1. The van der Waals surface area contributed by atoms with E-state index in [1.807, 2.05) is 24.3 Å². The Labute approximate surface area is 176 Å². The minimum absolute atomic E-state index is 0.00702. The van der Waals surface area contributed by atoms with Gasteiger partial charge < -0.3 is 9.47 Å². The summed E-state index contributed by atoms with van der Waals surface area (Å²) in [5, 5.41) is 2.89. The molecule has 1 saturated carbocycles. The van der Waals surface area contributed by atoms with Gasteiger partial charge in [0.15, 0.2) is 0 Å². The van der Waals surface area contributed by atoms with Gasteiger partial charge in [0.1, 0.15) is 11.9 Å². The second-order valence-electron chi connectivity index (χ2n) is 8.45. The van der Waals surface area contributed by atoms with Crippen LogP contribution in [0, 0.1) is 0 Å². The zero-order chi connectivity index (χ0) is 20.3. The Kier molecular flexibility index (Phi) is 9.13. The van der Waals surface area contributed by atoms with Crippen molar-refractivity contribution in [3.05, 3.63) is 24.3 Å². The fourth-order valence-electron chi connectivity index (χ4n) is 4.52. The molecule has 1 aliphatic heterocycles. The topological polar surface area (TPSA) is 50.8 Å². The molecule has 1 N–H and O–H groups in total. The quantitative estimate of drug-likeness (QED) is 0.515. The molecule has 0 unspecified atom stereocenters. The fraction of sp³-hybridized carbons (Fsp3) is 0.708. The lowest BCUT2D eigenvalue weighted by atomic mass is 9.90. The molecule has 1 aromatic rings. The van der Waals surface area contributed by atoms with Crippen LogP contribution in [0.1, 0.15) is 77.6 Å². The van der Waals surface area contributed by atoms with Crippen LogP contribution in [0.2, 0.25) is 0 Å². The standard InChI is InChI=1S/C24H38N2O3/c1-2-3-4-10-19-28-21-15-13-20(14-16-21)25-24(27)29-23-12-7-6-11-22(23)26-17-8-5-9-18-26/h13-16,22-23H,2-12,17-19H2,1H3,(H,25,27)/t22-,23-/m0/s1. The number of ether oxygens (including phenoxy) is 2. The highest BCUT2D eigenvalue weighted by Gasteiger charge is 2.33. The summed E-state index contributed by atoms with van der Waals surface area (Å²) < 4.78 is 11.6. The van der Waals surface area contributed by atoms with Crippen molar-refractivity contribution in [2.24, 2.45) is 0 Å². The summed E-state index contributed by atoms with van der Waals surface area (Å²) in [5.74, 6) is 0.845. The van der Waals surface area contributed by atoms with Crippen molar-refractivity contribution in [1.82, 2.24) is 4.90 Å². The normalized spacial score (nSPS) is 22.8. The molecule has 1 amide bonds. The average molecular weight is 403 g/mol. The van der Waals surface area contributed by atoms with Crippen molar-refractivity contribution in [3.8, 4) is 5.75 Å². The number of carbonyl (C=O) groups is 1. The van der Waals surface area contributed by atoms with E-state index in [4.69, 9.17) is 9.47 Å². The Morgan fingerprint density at radius 2 is 1.76 bits per heavy atom. The number of hydrogen-bond donors (Lipinski definition) is 1. The van der Waals surface area contributed by atoms with Gasteiger partial charge in [0.05, 0.1) is 6.61 Å². The molecule has 1 heterocycles. The number of likely N-dealkylation sites (tertiary alicyclic amines) is 1. The average Bonchev–Trinajstić information content (AvgIpc) is 2.76. The van der Waals surface area contributed by atoms with Crippen LogP contribution in [0.4, 0.5) is 10.5 Å². The van der Waals surface area contributed by atoms with Crippen LogP contribution in [-0.2, 0) is 4.74 Å². The Morgan fingerprint density at radius 1 is 1.00 bits per heavy atom. The molecule has 2 fully saturated rings. The van der Waals surface area contributed by atoms with Gasteiger partial charge in [-0.25, -0.2) is 4.79 Å². The maximum absolute atomic E-state index is 12.5. The first-order valence-corrected chi connectivity index (χ1v) is 11.7. The molecule has 0 radical (unpaired) electrons. The molecule has 5 heteroatoms. The Hall–Kier alpha value is -1.75. The number of anilines is 1. The predicted molar refractivity (Wildman–Crippen MR) is 118 cm³/mol. The van der Waals surface area contributed by atoms with Gasteiger partial charge in [0.25, 0.3) is 0 Å². The zero-order valence-corrected chi connectivity index (χ0v) is 18.0. The Balaban J connectivity index is 1.44. The summed E-state index contributed by atoms with van der Waals surface area (Å²) >= 11 is 0. The van der Waals surface area contributed by atoms with Crippen molar-refractivity contribution in [3.63, 3.8) is 0 Å². The van der Waals surface area contributed by atoms with Crippen LogP contribution in [0.3, 0.4) is 0 Å². The van der Waals surface area contributed by atoms with Crippen LogP contribution in [-0.4, -0.2) is 42.8 Å². The van der Waals surface area contributed by atoms with Crippen LogP contribution < -0.4 is 10.1 Å². The molecule has 2 aliphatic rings. The summed E-state index contributed by atoms with van der Waals surface area (Å²) in [7, 11) is 0. The van der Waals surface area contributed by atoms with Crippen molar-refractivity contribution < 1.29 is 14.3 Å². The summed E-state index contributed by atoms with van der Waals surface area (Å²) in [4.78, 5) is 15.0. The van der Waals surface area contributed by atoms with Crippen LogP contribution in [0.15, 0.2) is 24.3 Å². The number of hydrogen-bond acceptors (Lipinski definition) is 4. The Morgan fingerprint density at radius 3 is 2.52 bits per heavy atom. The molecule has 3 rings (SSSR count). The Bertz CT molecular complexity index is 599. The minimum Gasteiger partial charge on any atom is -0.494 e. The second-order valence-corrected chi connectivity index (χ2v) is 8.45. The summed E-state index contributed by atoms with van der Waals surface area (Å²) in [6, 6.07) is 7.97. The van der Waals surface area contributed by atoms with E-state index in [0.717, 1.165) is 56.8 Å². The predicted octanol–water partition coefficient (Wildman–Crippen LogP) is 5.99. The maximum atomic E-state index is 12.5. The molecule has 162 valence electrons. The molecule has 0 bridgehead atoms. The highest BCUT2D eigenvalue weighted by molar-refractivity contribution is 5.84. The first-order valence-electron chi connectivity index (χ1n) is 11.7. The van der Waals surface area contributed by atoms with E-state index < -0.39 is 0 Å². The smallest absolute Gasteiger partial charge is 0.411 e. The molecule has 1 saturated heterocycles. The van der Waals surface area contributed by atoms with E-state index in [2.05, 4.69) is 17.1 Å². The molecule has 29 heavy (non-hydrogen) atoms. The van der Waals surface area contributed by atoms with Gasteiger partial charge in [-0.2, -0.15) is 0 Å². The van der Waals surface area contributed by atoms with Crippen LogP contribution >= 0.6 is 0 Å². The lowest BCUT2D eigenvalue weighted by molar-refractivity contribution is 0.00174. The van der Waals surface area contributed by atoms with Crippen LogP contribution in [0.25, 0.3) is 0 Å². The van der Waals surface area contributed by atoms with Gasteiger partial charge in [-0.1, -0.05) is 39.0 Å². The lowest BCUT2D eigenvalue weighted by Gasteiger charge is -2.41. The van der Waals surface area contributed by atoms with E-state index in [-0.39, 0.29) is 12.2 Å². The van der Waals surface area contributed by atoms with Crippen molar-refractivity contribution in [2.75, 3.05) is 25.0 Å². The van der Waals surface area contributed by atoms with E-state index in [1.165, 1.54) is 44.9 Å². The van der Waals surface area contributed by atoms with Gasteiger partial charge in [0.2, 0.25) is 0 Å². The highest BCUT2D eigenvalue weighted by atomic mass is 16.6. The third-order valence-electron chi connectivity index (χ3n) is 6.15. The van der Waals surface area contributed by atoms with Gasteiger partial charge in [-0.3, -0.25) is 10.2 Å². The number of nitrogens with one attached hydrogen (secondary N) is 1. The zero-order valence-electron chi connectivity index (χ0n) is 18.0. The molecular weight excluding hydrogens is 364 g/mol. The fourth-order valence-corrected chi connectivity index (χ4v) is 4.52. The van der Waals surface area contributed by atoms with E-state index >= 15 is 0 Å². The third-order valence-corrected chi connectivity index (χ3v) is 6.15. The molecule has 2 atom stereocenters. The van der Waals surface area contributed by atoms with E-state index in [1.54, 1.807) is 0 Å². The molecule has 0 spiro atoms. The number of piperidine rings is 1. The molecule has 1 aliphatic carbocycles. The number of unbranched alkanes of at least 4 members (excludes halogenated alkanes) is 3. The number of rotatable bonds is 9. The summed E-state index contributed by atoms with van der Waals surface area (Å²) in [6.07, 6.45) is 12.8. The van der Waals surface area contributed by atoms with Crippen LogP contribution in [0.5, 0.6) is 5.75 Å². The highest BCUT2D eigenvalue weighted by Crippen LogP contribution is 2.28. The maximum Gasteiger partial charge on any atom is 0.411 e. The first-order chi connectivity index (χ1) is 14.3. The van der Waals surface area contributed by atoms with Gasteiger partial charge in [-0.15, -0.1) is 0 Å². The number of benzene rings is 1. The van der Waals surface area contributed by atoms with E-state index in [9.17, 15) is 4.79 Å². The largest absolute Gasteiger partial charge is 0.494 e. The van der Waals surface area contributed by atoms with Crippen molar-refractivity contribution >= 4 is 11.8 Å². The minimum atomic E-state index is -0.341. The van der Waals surface area contributed by atoms with Crippen molar-refractivity contribution in [2.45, 2.75) is 89.7 Å². The second kappa shape index (κ2) is 12.1. The van der Waals surface area contributed by atoms with Crippen molar-refractivity contribution in [1.29, 1.82) is 0 Å². The molecule has 1 aromatic carbocycles. The molecule has 0 aromatic heterocycles. The number of carbonyl (C=O) groups excluding carboxylic acids is 1. The number of nitrogens with zero attached hydrogens (tertiary/aromatic N) is 1. The van der Waals surface area contributed by atoms with Gasteiger partial charge >= 0.3 is 6.09 Å². The molecule has 5 nitrogen and oxygen atoms in total.